The second kappa shape index (κ2) is 18.0. The normalized spacial score (nSPS) is 12.3. The minimum absolute atomic E-state index is 0.0313. The molecule has 0 amide bonds. The second-order valence-corrected chi connectivity index (χ2v) is 11.1. The van der Waals surface area contributed by atoms with Crippen molar-refractivity contribution in [2.45, 2.75) is 97.4 Å². The number of unbranched alkanes of at least 4 members (excludes halogenated alkanes) is 9. The van der Waals surface area contributed by atoms with Crippen LogP contribution in [0.25, 0.3) is 0 Å². The Bertz CT molecular complexity index is 865. The third kappa shape index (κ3) is 13.2. The molecule has 0 spiro atoms. The van der Waals surface area contributed by atoms with E-state index in [1.54, 1.807) is 0 Å². The summed E-state index contributed by atoms with van der Waals surface area (Å²) in [5, 5.41) is 0. The Morgan fingerprint density at radius 1 is 0.784 bits per heavy atom. The standard InChI is InChI=1S/C33H52NO3/c1-5-7-8-9-10-11-12-13-14-18-23-31-24-19-20-25-32(31)36-28-37-33(35)30(6-2)27-34(3,4)26-29-21-16-15-17-22-29/h15-17,19-22,24-25,30H,5-14,18,23,26-28H2,1-4H3/q+1. The first-order chi connectivity index (χ1) is 17.9. The van der Waals surface area contributed by atoms with Crippen LogP contribution in [0, 0.1) is 5.92 Å². The summed E-state index contributed by atoms with van der Waals surface area (Å²) in [6.07, 6.45) is 15.1. The number of quaternary nitrogens is 1. The molecule has 0 radical (unpaired) electrons. The van der Waals surface area contributed by atoms with Crippen molar-refractivity contribution in [3.8, 4) is 5.75 Å². The maximum Gasteiger partial charge on any atom is 0.317 e. The Balaban J connectivity index is 1.70. The van der Waals surface area contributed by atoms with Crippen molar-refractivity contribution in [3.05, 3.63) is 65.7 Å². The van der Waals surface area contributed by atoms with Crippen molar-refractivity contribution in [1.82, 2.24) is 0 Å². The minimum Gasteiger partial charge on any atom is -0.457 e. The van der Waals surface area contributed by atoms with E-state index in [-0.39, 0.29) is 18.7 Å². The number of carbonyl (C=O) groups excluding carboxylic acids is 1. The third-order valence-corrected chi connectivity index (χ3v) is 7.18. The number of benzene rings is 2. The first kappa shape index (κ1) is 30.9. The van der Waals surface area contributed by atoms with Crippen LogP contribution in [0.3, 0.4) is 0 Å². The van der Waals surface area contributed by atoms with Gasteiger partial charge in [0.05, 0.1) is 20.6 Å². The van der Waals surface area contributed by atoms with Gasteiger partial charge < -0.3 is 14.0 Å². The lowest BCUT2D eigenvalue weighted by Crippen LogP contribution is -2.44. The van der Waals surface area contributed by atoms with Crippen molar-refractivity contribution in [3.63, 3.8) is 0 Å². The predicted molar refractivity (Wildman–Crippen MR) is 154 cm³/mol. The SMILES string of the molecule is CCCCCCCCCCCCc1ccccc1OCOC(=O)C(CC)C[N+](C)(C)Cc1ccccc1. The number of hydrogen-bond donors (Lipinski definition) is 0. The largest absolute Gasteiger partial charge is 0.457 e. The zero-order chi connectivity index (χ0) is 26.8. The summed E-state index contributed by atoms with van der Waals surface area (Å²) in [4.78, 5) is 12.8. The molecule has 4 heteroatoms. The summed E-state index contributed by atoms with van der Waals surface area (Å²) >= 11 is 0. The molecule has 4 nitrogen and oxygen atoms in total. The maximum atomic E-state index is 12.8. The van der Waals surface area contributed by atoms with Gasteiger partial charge in [-0.1, -0.05) is 120 Å². The lowest BCUT2D eigenvalue weighted by molar-refractivity contribution is -0.906. The van der Waals surface area contributed by atoms with Crippen LogP contribution in [0.1, 0.15) is 95.6 Å². The summed E-state index contributed by atoms with van der Waals surface area (Å²) in [7, 11) is 4.34. The molecule has 0 aliphatic carbocycles. The van der Waals surface area contributed by atoms with Crippen molar-refractivity contribution in [2.75, 3.05) is 27.4 Å². The molecule has 0 aromatic heterocycles. The van der Waals surface area contributed by atoms with E-state index in [0.717, 1.165) is 36.2 Å². The van der Waals surface area contributed by atoms with Crippen molar-refractivity contribution >= 4 is 5.97 Å². The number of carbonyl (C=O) groups is 1. The highest BCUT2D eigenvalue weighted by Gasteiger charge is 2.28. The Hall–Kier alpha value is -2.33. The van der Waals surface area contributed by atoms with Gasteiger partial charge in [-0.3, -0.25) is 4.79 Å². The lowest BCUT2D eigenvalue weighted by atomic mass is 10.0. The van der Waals surface area contributed by atoms with Crippen LogP contribution in [0.15, 0.2) is 54.6 Å². The number of rotatable bonds is 20. The van der Waals surface area contributed by atoms with Gasteiger partial charge in [0.15, 0.2) is 0 Å². The van der Waals surface area contributed by atoms with Gasteiger partial charge >= 0.3 is 5.97 Å². The van der Waals surface area contributed by atoms with Crippen molar-refractivity contribution < 1.29 is 18.8 Å². The first-order valence-corrected chi connectivity index (χ1v) is 14.7. The molecule has 0 saturated heterocycles. The van der Waals surface area contributed by atoms with E-state index in [1.807, 2.05) is 18.2 Å². The molecule has 0 fully saturated rings. The molecule has 37 heavy (non-hydrogen) atoms. The maximum absolute atomic E-state index is 12.8. The van der Waals surface area contributed by atoms with E-state index in [9.17, 15) is 4.79 Å². The topological polar surface area (TPSA) is 35.5 Å². The average molecular weight is 511 g/mol. The van der Waals surface area contributed by atoms with Gasteiger partial charge in [-0.15, -0.1) is 0 Å². The van der Waals surface area contributed by atoms with Gasteiger partial charge in [0.2, 0.25) is 6.79 Å². The van der Waals surface area contributed by atoms with E-state index < -0.39 is 0 Å². The van der Waals surface area contributed by atoms with Crippen LogP contribution in [0.5, 0.6) is 5.75 Å². The van der Waals surface area contributed by atoms with Crippen LogP contribution in [-0.2, 0) is 22.5 Å². The summed E-state index contributed by atoms with van der Waals surface area (Å²) in [5.41, 5.74) is 2.48. The monoisotopic (exact) mass is 510 g/mol. The smallest absolute Gasteiger partial charge is 0.317 e. The highest BCUT2D eigenvalue weighted by atomic mass is 16.7. The molecular formula is C33H52NO3+. The Morgan fingerprint density at radius 2 is 1.38 bits per heavy atom. The third-order valence-electron chi connectivity index (χ3n) is 7.18. The number of para-hydroxylation sites is 1. The molecule has 1 unspecified atom stereocenters. The Labute approximate surface area is 227 Å². The predicted octanol–water partition coefficient (Wildman–Crippen LogP) is 8.33. The molecule has 0 N–H and O–H groups in total. The van der Waals surface area contributed by atoms with Gasteiger partial charge in [0, 0.05) is 5.56 Å². The van der Waals surface area contributed by atoms with E-state index in [4.69, 9.17) is 9.47 Å². The molecule has 0 bridgehead atoms. The second-order valence-electron chi connectivity index (χ2n) is 11.1. The minimum atomic E-state index is -0.172. The molecule has 0 heterocycles. The molecule has 1 atom stereocenters. The van der Waals surface area contributed by atoms with Crippen LogP contribution >= 0.6 is 0 Å². The van der Waals surface area contributed by atoms with Crippen LogP contribution in [-0.4, -0.2) is 37.9 Å². The van der Waals surface area contributed by atoms with Crippen molar-refractivity contribution in [2.24, 2.45) is 5.92 Å². The molecule has 0 saturated carbocycles. The molecular weight excluding hydrogens is 458 g/mol. The fourth-order valence-electron chi connectivity index (χ4n) is 5.03. The van der Waals surface area contributed by atoms with Gasteiger partial charge in [0.25, 0.3) is 0 Å². The van der Waals surface area contributed by atoms with Gasteiger partial charge in [-0.25, -0.2) is 0 Å². The van der Waals surface area contributed by atoms with Gasteiger partial charge in [-0.05, 0) is 30.9 Å². The lowest BCUT2D eigenvalue weighted by Gasteiger charge is -2.32. The molecule has 2 aromatic rings. The highest BCUT2D eigenvalue weighted by Crippen LogP contribution is 2.22. The molecule has 2 aromatic carbocycles. The van der Waals surface area contributed by atoms with Crippen LogP contribution in [0.4, 0.5) is 0 Å². The number of ether oxygens (including phenoxy) is 2. The number of aryl methyl sites for hydroxylation is 1. The zero-order valence-corrected chi connectivity index (χ0v) is 24.1. The molecule has 206 valence electrons. The van der Waals surface area contributed by atoms with Gasteiger partial charge in [0.1, 0.15) is 18.2 Å². The Kier molecular flexibility index (Phi) is 15.0. The fourth-order valence-corrected chi connectivity index (χ4v) is 5.03. The zero-order valence-electron chi connectivity index (χ0n) is 24.1. The van der Waals surface area contributed by atoms with Crippen LogP contribution in [0.2, 0.25) is 0 Å². The van der Waals surface area contributed by atoms with Crippen LogP contribution < -0.4 is 4.74 Å². The van der Waals surface area contributed by atoms with E-state index >= 15 is 0 Å². The molecule has 2 rings (SSSR count). The van der Waals surface area contributed by atoms with E-state index in [2.05, 4.69) is 64.3 Å². The van der Waals surface area contributed by atoms with Gasteiger partial charge in [-0.2, -0.15) is 0 Å². The first-order valence-electron chi connectivity index (χ1n) is 14.7. The number of hydrogen-bond acceptors (Lipinski definition) is 3. The highest BCUT2D eigenvalue weighted by molar-refractivity contribution is 5.72. The number of nitrogens with zero attached hydrogens (tertiary/aromatic N) is 1. The fraction of sp³-hybridized carbons (Fsp3) is 0.606. The number of esters is 1. The molecule has 0 aliphatic heterocycles. The summed E-state index contributed by atoms with van der Waals surface area (Å²) in [5.74, 6) is 0.512. The Morgan fingerprint density at radius 3 is 2.03 bits per heavy atom. The van der Waals surface area contributed by atoms with E-state index in [1.165, 1.54) is 75.3 Å². The summed E-state index contributed by atoms with van der Waals surface area (Å²) < 4.78 is 12.2. The quantitative estimate of drug-likeness (QED) is 0.0777. The van der Waals surface area contributed by atoms with E-state index in [0.29, 0.717) is 0 Å². The summed E-state index contributed by atoms with van der Waals surface area (Å²) in [6, 6.07) is 18.6. The van der Waals surface area contributed by atoms with Crippen molar-refractivity contribution in [1.29, 1.82) is 0 Å². The average Bonchev–Trinajstić information content (AvgIpc) is 2.89. The summed E-state index contributed by atoms with van der Waals surface area (Å²) in [6.45, 7) is 5.91. The molecule has 0 aliphatic rings.